The Kier molecular flexibility index (Phi) is 6.70. The SMILES string of the molecule is CC(C)(CCl)CC(C)(C)c1ccc(C(C)(C)CC(C)(C)N=C=O)cc1. The molecule has 0 aliphatic carbocycles. The summed E-state index contributed by atoms with van der Waals surface area (Å²) in [6.07, 6.45) is 3.53. The largest absolute Gasteiger partial charge is 0.235 e. The van der Waals surface area contributed by atoms with E-state index in [-0.39, 0.29) is 16.2 Å². The van der Waals surface area contributed by atoms with Gasteiger partial charge in [0.25, 0.3) is 0 Å². The number of hydrogen-bond donors (Lipinski definition) is 0. The van der Waals surface area contributed by atoms with Gasteiger partial charge in [0.2, 0.25) is 6.08 Å². The van der Waals surface area contributed by atoms with Crippen LogP contribution < -0.4 is 0 Å². The van der Waals surface area contributed by atoms with Crippen molar-refractivity contribution in [3.05, 3.63) is 35.4 Å². The Morgan fingerprint density at radius 1 is 0.840 bits per heavy atom. The van der Waals surface area contributed by atoms with Crippen LogP contribution in [0.4, 0.5) is 0 Å². The van der Waals surface area contributed by atoms with Crippen molar-refractivity contribution in [2.75, 3.05) is 5.88 Å². The van der Waals surface area contributed by atoms with Crippen LogP contribution in [0.15, 0.2) is 29.3 Å². The molecule has 3 heteroatoms. The summed E-state index contributed by atoms with van der Waals surface area (Å²) in [5.41, 5.74) is 2.30. The van der Waals surface area contributed by atoms with Gasteiger partial charge in [0.1, 0.15) is 0 Å². The summed E-state index contributed by atoms with van der Waals surface area (Å²) in [4.78, 5) is 14.6. The fraction of sp³-hybridized carbons (Fsp3) is 0.682. The first-order valence-electron chi connectivity index (χ1n) is 9.01. The predicted octanol–water partition coefficient (Wildman–Crippen LogP) is 6.40. The molecule has 1 rings (SSSR count). The van der Waals surface area contributed by atoms with E-state index in [2.05, 4.69) is 70.8 Å². The standard InChI is InChI=1S/C22H34ClNO/c1-19(2,15-23)13-20(3,4)17-9-11-18(12-10-17)21(5,6)14-22(7,8)24-16-25/h9-12H,13-15H2,1-8H3. The van der Waals surface area contributed by atoms with Crippen LogP contribution in [0.2, 0.25) is 0 Å². The fourth-order valence-electron chi connectivity index (χ4n) is 4.06. The number of carbonyl (C=O) groups excluding carboxylic acids is 1. The van der Waals surface area contributed by atoms with Crippen LogP contribution in [-0.2, 0) is 15.6 Å². The number of halogens is 1. The molecule has 0 heterocycles. The molecular weight excluding hydrogens is 330 g/mol. The normalized spacial score (nSPS) is 13.5. The van der Waals surface area contributed by atoms with Gasteiger partial charge in [0.15, 0.2) is 0 Å². The summed E-state index contributed by atoms with van der Waals surface area (Å²) < 4.78 is 0. The van der Waals surface area contributed by atoms with E-state index in [0.29, 0.717) is 5.88 Å². The third kappa shape index (κ3) is 6.28. The predicted molar refractivity (Wildman–Crippen MR) is 108 cm³/mol. The lowest BCUT2D eigenvalue weighted by Crippen LogP contribution is -2.30. The van der Waals surface area contributed by atoms with Crippen LogP contribution in [0.25, 0.3) is 0 Å². The van der Waals surface area contributed by atoms with E-state index >= 15 is 0 Å². The maximum atomic E-state index is 10.6. The van der Waals surface area contributed by atoms with Crippen LogP contribution in [0.5, 0.6) is 0 Å². The third-order valence-corrected chi connectivity index (χ3v) is 5.68. The highest BCUT2D eigenvalue weighted by molar-refractivity contribution is 6.18. The number of hydrogen-bond acceptors (Lipinski definition) is 2. The summed E-state index contributed by atoms with van der Waals surface area (Å²) in [5, 5.41) is 0. The van der Waals surface area contributed by atoms with E-state index in [1.54, 1.807) is 6.08 Å². The van der Waals surface area contributed by atoms with E-state index in [1.807, 2.05) is 13.8 Å². The molecule has 0 atom stereocenters. The Balaban J connectivity index is 3.04. The van der Waals surface area contributed by atoms with Crippen molar-refractivity contribution in [2.45, 2.75) is 84.6 Å². The van der Waals surface area contributed by atoms with Gasteiger partial charge >= 0.3 is 0 Å². The second kappa shape index (κ2) is 7.64. The van der Waals surface area contributed by atoms with Crippen molar-refractivity contribution >= 4 is 17.7 Å². The van der Waals surface area contributed by atoms with Crippen LogP contribution in [0.1, 0.15) is 79.4 Å². The highest BCUT2D eigenvalue weighted by Crippen LogP contribution is 2.39. The molecule has 140 valence electrons. The molecule has 0 amide bonds. The average Bonchev–Trinajstić information content (AvgIpc) is 2.45. The fourth-order valence-corrected chi connectivity index (χ4v) is 4.16. The van der Waals surface area contributed by atoms with Crippen molar-refractivity contribution in [2.24, 2.45) is 10.4 Å². The summed E-state index contributed by atoms with van der Waals surface area (Å²) in [6, 6.07) is 8.89. The molecule has 1 aromatic rings. The van der Waals surface area contributed by atoms with Crippen molar-refractivity contribution in [3.63, 3.8) is 0 Å². The van der Waals surface area contributed by atoms with Gasteiger partial charge in [-0.25, -0.2) is 4.79 Å². The molecule has 2 nitrogen and oxygen atoms in total. The van der Waals surface area contributed by atoms with Crippen molar-refractivity contribution in [1.82, 2.24) is 0 Å². The zero-order chi connectivity index (χ0) is 19.5. The summed E-state index contributed by atoms with van der Waals surface area (Å²) in [5.74, 6) is 0.661. The van der Waals surface area contributed by atoms with Crippen molar-refractivity contribution in [1.29, 1.82) is 0 Å². The zero-order valence-electron chi connectivity index (χ0n) is 17.2. The molecule has 0 saturated carbocycles. The number of rotatable bonds is 8. The van der Waals surface area contributed by atoms with Crippen LogP contribution in [0, 0.1) is 5.41 Å². The number of benzene rings is 1. The van der Waals surface area contributed by atoms with Gasteiger partial charge in [-0.2, -0.15) is 4.99 Å². The summed E-state index contributed by atoms with van der Waals surface area (Å²) in [6.45, 7) is 17.4. The Morgan fingerprint density at radius 2 is 1.24 bits per heavy atom. The highest BCUT2D eigenvalue weighted by atomic mass is 35.5. The van der Waals surface area contributed by atoms with Crippen LogP contribution in [-0.4, -0.2) is 17.5 Å². The smallest absolute Gasteiger partial charge is 0.211 e. The Bertz CT molecular complexity index is 620. The second-order valence-electron chi connectivity index (χ2n) is 10.0. The maximum absolute atomic E-state index is 10.6. The molecule has 0 spiro atoms. The highest BCUT2D eigenvalue weighted by Gasteiger charge is 2.32. The molecule has 0 aliphatic rings. The molecule has 0 aromatic heterocycles. The zero-order valence-corrected chi connectivity index (χ0v) is 17.9. The number of isocyanates is 1. The molecule has 0 saturated heterocycles. The van der Waals surface area contributed by atoms with Gasteiger partial charge < -0.3 is 0 Å². The van der Waals surface area contributed by atoms with Gasteiger partial charge in [-0.05, 0) is 54.1 Å². The maximum Gasteiger partial charge on any atom is 0.235 e. The van der Waals surface area contributed by atoms with E-state index in [9.17, 15) is 4.79 Å². The van der Waals surface area contributed by atoms with Crippen LogP contribution >= 0.6 is 11.6 Å². The van der Waals surface area contributed by atoms with E-state index in [1.165, 1.54) is 11.1 Å². The quantitative estimate of drug-likeness (QED) is 0.298. The second-order valence-corrected chi connectivity index (χ2v) is 10.3. The molecular formula is C22H34ClNO. The van der Waals surface area contributed by atoms with Gasteiger partial charge in [-0.1, -0.05) is 65.8 Å². The molecule has 0 fully saturated rings. The molecule has 0 radical (unpaired) electrons. The van der Waals surface area contributed by atoms with Crippen LogP contribution in [0.3, 0.4) is 0 Å². The van der Waals surface area contributed by atoms with Gasteiger partial charge in [-0.3, -0.25) is 0 Å². The Hall–Kier alpha value is -1.11. The minimum absolute atomic E-state index is 0.0675. The molecule has 0 unspecified atom stereocenters. The van der Waals surface area contributed by atoms with Gasteiger partial charge in [0.05, 0.1) is 5.54 Å². The van der Waals surface area contributed by atoms with Gasteiger partial charge in [0, 0.05) is 5.88 Å². The van der Waals surface area contributed by atoms with E-state index < -0.39 is 5.54 Å². The van der Waals surface area contributed by atoms with Gasteiger partial charge in [-0.15, -0.1) is 11.6 Å². The van der Waals surface area contributed by atoms with Crippen molar-refractivity contribution in [3.8, 4) is 0 Å². The topological polar surface area (TPSA) is 29.4 Å². The molecule has 25 heavy (non-hydrogen) atoms. The van der Waals surface area contributed by atoms with E-state index in [0.717, 1.165) is 12.8 Å². The lowest BCUT2D eigenvalue weighted by Gasteiger charge is -2.35. The monoisotopic (exact) mass is 363 g/mol. The Morgan fingerprint density at radius 3 is 1.60 bits per heavy atom. The molecule has 0 aliphatic heterocycles. The minimum atomic E-state index is -0.409. The first-order chi connectivity index (χ1) is 11.2. The van der Waals surface area contributed by atoms with E-state index in [4.69, 9.17) is 11.6 Å². The first kappa shape index (κ1) is 21.9. The third-order valence-electron chi connectivity index (χ3n) is 4.95. The Labute approximate surface area is 159 Å². The number of aliphatic imine (C=N–C) groups is 1. The lowest BCUT2D eigenvalue weighted by molar-refractivity contribution is 0.288. The minimum Gasteiger partial charge on any atom is -0.211 e. The number of alkyl halides is 1. The first-order valence-corrected chi connectivity index (χ1v) is 9.54. The number of nitrogens with zero attached hydrogens (tertiary/aromatic N) is 1. The summed E-state index contributed by atoms with van der Waals surface area (Å²) in [7, 11) is 0. The molecule has 1 aromatic carbocycles. The van der Waals surface area contributed by atoms with Crippen molar-refractivity contribution < 1.29 is 4.79 Å². The lowest BCUT2D eigenvalue weighted by atomic mass is 9.71. The molecule has 0 N–H and O–H groups in total. The average molecular weight is 364 g/mol. The molecule has 0 bridgehead atoms. The summed E-state index contributed by atoms with van der Waals surface area (Å²) >= 11 is 6.12.